The van der Waals surface area contributed by atoms with Gasteiger partial charge < -0.3 is 10.2 Å². The van der Waals surface area contributed by atoms with E-state index < -0.39 is 0 Å². The zero-order valence-corrected chi connectivity index (χ0v) is 11.1. The van der Waals surface area contributed by atoms with Gasteiger partial charge in [0.25, 0.3) is 0 Å². The van der Waals surface area contributed by atoms with Gasteiger partial charge in [0, 0.05) is 16.8 Å². The number of hydrogen-bond donors (Lipinski definition) is 2. The maximum Gasteiger partial charge on any atom is 0.147 e. The molecule has 1 atom stereocenters. The molecule has 2 aliphatic rings. The Hall–Kier alpha value is -2.14. The number of nitrogens with zero attached hydrogens (tertiary/aromatic N) is 2. The van der Waals surface area contributed by atoms with Crippen LogP contribution in [-0.4, -0.2) is 16.6 Å². The van der Waals surface area contributed by atoms with Crippen LogP contribution in [0.1, 0.15) is 35.0 Å². The fourth-order valence-corrected chi connectivity index (χ4v) is 3.10. The summed E-state index contributed by atoms with van der Waals surface area (Å²) in [4.78, 5) is 9.37. The molecule has 2 aromatic rings. The fraction of sp³-hybridized carbons (Fsp3) is 0.333. The predicted molar refractivity (Wildman–Crippen MR) is 75.6 cm³/mol. The number of hydrogen-bond acceptors (Lipinski definition) is 5. The highest BCUT2D eigenvalue weighted by Gasteiger charge is 2.30. The zero-order valence-electron chi connectivity index (χ0n) is 11.1. The van der Waals surface area contributed by atoms with Crippen molar-refractivity contribution in [3.05, 3.63) is 46.9 Å². The van der Waals surface area contributed by atoms with Crippen molar-refractivity contribution in [2.45, 2.75) is 25.2 Å². The number of hydrazine groups is 1. The maximum atomic E-state index is 5.73. The Kier molecular flexibility index (Phi) is 2.60. The number of aryl methyl sites for hydroxylation is 1. The van der Waals surface area contributed by atoms with Crippen LogP contribution in [0.4, 0.5) is 5.82 Å². The lowest BCUT2D eigenvalue weighted by atomic mass is 10.0. The molecule has 0 fully saturated rings. The van der Waals surface area contributed by atoms with Gasteiger partial charge in [-0.15, -0.1) is 0 Å². The fourth-order valence-electron chi connectivity index (χ4n) is 3.10. The monoisotopic (exact) mass is 268 g/mol. The SMILES string of the molecule is NNc1nc(C2COc3ccccc32)nc2c1CCC2. The Morgan fingerprint density at radius 1 is 1.20 bits per heavy atom. The van der Waals surface area contributed by atoms with Gasteiger partial charge >= 0.3 is 0 Å². The van der Waals surface area contributed by atoms with Crippen molar-refractivity contribution < 1.29 is 4.74 Å². The van der Waals surface area contributed by atoms with E-state index in [1.807, 2.05) is 18.2 Å². The molecule has 0 spiro atoms. The third kappa shape index (κ3) is 1.67. The number of anilines is 1. The highest BCUT2D eigenvalue weighted by Crippen LogP contribution is 2.38. The lowest BCUT2D eigenvalue weighted by Gasteiger charge is -2.12. The van der Waals surface area contributed by atoms with E-state index in [1.54, 1.807) is 0 Å². The summed E-state index contributed by atoms with van der Waals surface area (Å²) in [5.74, 6) is 8.23. The minimum Gasteiger partial charge on any atom is -0.492 e. The molecule has 0 bridgehead atoms. The van der Waals surface area contributed by atoms with Crippen LogP contribution < -0.4 is 16.0 Å². The summed E-state index contributed by atoms with van der Waals surface area (Å²) >= 11 is 0. The number of para-hydroxylation sites is 1. The van der Waals surface area contributed by atoms with Gasteiger partial charge in [-0.05, 0) is 25.3 Å². The lowest BCUT2D eigenvalue weighted by Crippen LogP contribution is -2.16. The second-order valence-corrected chi connectivity index (χ2v) is 5.25. The van der Waals surface area contributed by atoms with Crippen LogP contribution in [0.5, 0.6) is 5.75 Å². The Morgan fingerprint density at radius 3 is 3.00 bits per heavy atom. The summed E-state index contributed by atoms with van der Waals surface area (Å²) in [6.45, 7) is 0.599. The standard InChI is InChI=1S/C15H16N4O/c16-19-15-10-5-3-6-12(10)17-14(18-15)11-8-20-13-7-2-1-4-9(11)13/h1-2,4,7,11H,3,5-6,8,16H2,(H,17,18,19). The molecule has 102 valence electrons. The van der Waals surface area contributed by atoms with E-state index in [1.165, 1.54) is 5.56 Å². The first-order chi connectivity index (χ1) is 9.86. The van der Waals surface area contributed by atoms with Crippen molar-refractivity contribution in [1.29, 1.82) is 0 Å². The molecule has 0 radical (unpaired) electrons. The minimum absolute atomic E-state index is 0.101. The van der Waals surface area contributed by atoms with E-state index in [-0.39, 0.29) is 5.92 Å². The molecule has 1 aromatic carbocycles. The molecular weight excluding hydrogens is 252 g/mol. The Bertz CT molecular complexity index is 671. The topological polar surface area (TPSA) is 73.1 Å². The molecule has 1 aliphatic heterocycles. The van der Waals surface area contributed by atoms with E-state index in [2.05, 4.69) is 16.5 Å². The molecule has 0 amide bonds. The molecule has 1 aliphatic carbocycles. The largest absolute Gasteiger partial charge is 0.492 e. The molecule has 3 N–H and O–H groups in total. The van der Waals surface area contributed by atoms with Gasteiger partial charge in [0.05, 0.1) is 5.92 Å². The van der Waals surface area contributed by atoms with Crippen LogP contribution in [0.15, 0.2) is 24.3 Å². The zero-order chi connectivity index (χ0) is 13.5. The first-order valence-electron chi connectivity index (χ1n) is 6.95. The van der Waals surface area contributed by atoms with Crippen LogP contribution in [0.2, 0.25) is 0 Å². The second-order valence-electron chi connectivity index (χ2n) is 5.25. The molecule has 2 heterocycles. The number of nitrogen functional groups attached to an aromatic ring is 1. The number of aromatic nitrogens is 2. The summed E-state index contributed by atoms with van der Waals surface area (Å²) < 4.78 is 5.73. The molecule has 5 nitrogen and oxygen atoms in total. The van der Waals surface area contributed by atoms with Crippen molar-refractivity contribution in [2.24, 2.45) is 5.84 Å². The Balaban J connectivity index is 1.81. The van der Waals surface area contributed by atoms with E-state index in [4.69, 9.17) is 15.6 Å². The first-order valence-corrected chi connectivity index (χ1v) is 6.95. The molecule has 0 saturated heterocycles. The predicted octanol–water partition coefficient (Wildman–Crippen LogP) is 1.78. The number of nitrogens with one attached hydrogen (secondary N) is 1. The van der Waals surface area contributed by atoms with Crippen molar-refractivity contribution in [1.82, 2.24) is 9.97 Å². The van der Waals surface area contributed by atoms with Crippen molar-refractivity contribution in [2.75, 3.05) is 12.0 Å². The minimum atomic E-state index is 0.101. The molecule has 1 aromatic heterocycles. The summed E-state index contributed by atoms with van der Waals surface area (Å²) in [6.07, 6.45) is 3.14. The number of benzene rings is 1. The molecular formula is C15H16N4O. The number of rotatable bonds is 2. The second kappa shape index (κ2) is 4.45. The van der Waals surface area contributed by atoms with Gasteiger partial charge in [0.15, 0.2) is 0 Å². The lowest BCUT2D eigenvalue weighted by molar-refractivity contribution is 0.339. The van der Waals surface area contributed by atoms with Gasteiger partial charge in [-0.3, -0.25) is 0 Å². The highest BCUT2D eigenvalue weighted by atomic mass is 16.5. The Morgan fingerprint density at radius 2 is 2.10 bits per heavy atom. The smallest absolute Gasteiger partial charge is 0.147 e. The normalized spacial score (nSPS) is 19.4. The van der Waals surface area contributed by atoms with Crippen LogP contribution >= 0.6 is 0 Å². The first kappa shape index (κ1) is 11.7. The van der Waals surface area contributed by atoms with Crippen LogP contribution in [0.3, 0.4) is 0 Å². The average molecular weight is 268 g/mol. The number of nitrogens with two attached hydrogens (primary N) is 1. The average Bonchev–Trinajstić information content (AvgIpc) is 3.12. The van der Waals surface area contributed by atoms with E-state index in [0.717, 1.165) is 47.9 Å². The van der Waals surface area contributed by atoms with E-state index in [9.17, 15) is 0 Å². The summed E-state index contributed by atoms with van der Waals surface area (Å²) in [5, 5.41) is 0. The van der Waals surface area contributed by atoms with Gasteiger partial charge in [-0.25, -0.2) is 15.8 Å². The quantitative estimate of drug-likeness (QED) is 0.641. The third-order valence-corrected chi connectivity index (χ3v) is 4.10. The summed E-state index contributed by atoms with van der Waals surface area (Å²) in [5.41, 5.74) is 6.19. The van der Waals surface area contributed by atoms with Crippen molar-refractivity contribution in [3.63, 3.8) is 0 Å². The molecule has 5 heteroatoms. The van der Waals surface area contributed by atoms with Gasteiger partial charge in [0.1, 0.15) is 24.0 Å². The molecule has 20 heavy (non-hydrogen) atoms. The van der Waals surface area contributed by atoms with Crippen molar-refractivity contribution >= 4 is 5.82 Å². The number of ether oxygens (including phenoxy) is 1. The maximum absolute atomic E-state index is 5.73. The van der Waals surface area contributed by atoms with Gasteiger partial charge in [-0.1, -0.05) is 18.2 Å². The van der Waals surface area contributed by atoms with Gasteiger partial charge in [0.2, 0.25) is 0 Å². The Labute approximate surface area is 117 Å². The van der Waals surface area contributed by atoms with Crippen LogP contribution in [0.25, 0.3) is 0 Å². The summed E-state index contributed by atoms with van der Waals surface area (Å²) in [6, 6.07) is 8.08. The van der Waals surface area contributed by atoms with E-state index >= 15 is 0 Å². The van der Waals surface area contributed by atoms with Crippen molar-refractivity contribution in [3.8, 4) is 5.75 Å². The van der Waals surface area contributed by atoms with Crippen LogP contribution in [0, 0.1) is 0 Å². The van der Waals surface area contributed by atoms with Crippen LogP contribution in [-0.2, 0) is 12.8 Å². The highest BCUT2D eigenvalue weighted by molar-refractivity contribution is 5.50. The summed E-state index contributed by atoms with van der Waals surface area (Å²) in [7, 11) is 0. The van der Waals surface area contributed by atoms with E-state index in [0.29, 0.717) is 6.61 Å². The third-order valence-electron chi connectivity index (χ3n) is 4.10. The molecule has 0 saturated carbocycles. The molecule has 4 rings (SSSR count). The molecule has 1 unspecified atom stereocenters. The van der Waals surface area contributed by atoms with Gasteiger partial charge in [-0.2, -0.15) is 0 Å². The number of fused-ring (bicyclic) bond motifs is 2.